The van der Waals surface area contributed by atoms with Crippen LogP contribution in [0.1, 0.15) is 19.8 Å². The molecule has 1 unspecified atom stereocenters. The molecule has 6 nitrogen and oxygen atoms in total. The highest BCUT2D eigenvalue weighted by Gasteiger charge is 2.34. The summed E-state index contributed by atoms with van der Waals surface area (Å²) < 4.78 is 18.8. The molecular weight excluding hydrogens is 385 g/mol. The van der Waals surface area contributed by atoms with E-state index in [1.54, 1.807) is 37.1 Å². The minimum absolute atomic E-state index is 0.00176. The van der Waals surface area contributed by atoms with Crippen LogP contribution in [-0.4, -0.2) is 55.5 Å². The Morgan fingerprint density at radius 1 is 1.13 bits per heavy atom. The first kappa shape index (κ1) is 20.2. The second kappa shape index (κ2) is 8.34. The number of hydrogen-bond donors (Lipinski definition) is 0. The minimum atomic E-state index is -0.614. The van der Waals surface area contributed by atoms with Gasteiger partial charge in [-0.25, -0.2) is 4.39 Å². The van der Waals surface area contributed by atoms with E-state index in [4.69, 9.17) is 4.74 Å². The third kappa shape index (κ3) is 3.97. The van der Waals surface area contributed by atoms with Gasteiger partial charge in [0.25, 0.3) is 5.91 Å². The monoisotopic (exact) mass is 411 g/mol. The van der Waals surface area contributed by atoms with Crippen molar-refractivity contribution in [3.05, 3.63) is 54.3 Å². The van der Waals surface area contributed by atoms with Crippen molar-refractivity contribution in [2.24, 2.45) is 0 Å². The Balaban J connectivity index is 1.39. The standard InChI is InChI=1S/C23H26FN3O3/c1-16-23(29)27(20-5-3-4-6-21(20)30-16)15-22(28)25(2)18-11-13-26(14-12-18)19-9-7-17(24)8-10-19/h3-10,16,18H,11-15H2,1-2H3. The summed E-state index contributed by atoms with van der Waals surface area (Å²) in [5, 5.41) is 0. The Kier molecular flexibility index (Phi) is 5.61. The van der Waals surface area contributed by atoms with E-state index in [0.29, 0.717) is 11.4 Å². The zero-order chi connectivity index (χ0) is 21.3. The third-order valence-electron chi connectivity index (χ3n) is 5.96. The number of benzene rings is 2. The first-order chi connectivity index (χ1) is 14.4. The maximum absolute atomic E-state index is 13.1. The Labute approximate surface area is 175 Å². The predicted molar refractivity (Wildman–Crippen MR) is 113 cm³/mol. The lowest BCUT2D eigenvalue weighted by Crippen LogP contribution is -2.52. The number of anilines is 2. The lowest BCUT2D eigenvalue weighted by molar-refractivity contribution is -0.134. The van der Waals surface area contributed by atoms with Crippen LogP contribution in [0.4, 0.5) is 15.8 Å². The highest BCUT2D eigenvalue weighted by molar-refractivity contribution is 6.03. The number of ether oxygens (including phenoxy) is 1. The van der Waals surface area contributed by atoms with Gasteiger partial charge in [0.15, 0.2) is 6.10 Å². The van der Waals surface area contributed by atoms with E-state index in [9.17, 15) is 14.0 Å². The van der Waals surface area contributed by atoms with Crippen LogP contribution < -0.4 is 14.5 Å². The molecule has 0 N–H and O–H groups in total. The summed E-state index contributed by atoms with van der Waals surface area (Å²) in [6, 6.07) is 13.9. The maximum atomic E-state index is 13.1. The van der Waals surface area contributed by atoms with Crippen LogP contribution in [0.25, 0.3) is 0 Å². The molecule has 2 aliphatic rings. The molecule has 0 radical (unpaired) electrons. The number of amides is 2. The Bertz CT molecular complexity index is 926. The zero-order valence-corrected chi connectivity index (χ0v) is 17.3. The molecule has 0 bridgehead atoms. The van der Waals surface area contributed by atoms with Gasteiger partial charge in [-0.3, -0.25) is 14.5 Å². The summed E-state index contributed by atoms with van der Waals surface area (Å²) in [5.41, 5.74) is 1.63. The third-order valence-corrected chi connectivity index (χ3v) is 5.96. The summed E-state index contributed by atoms with van der Waals surface area (Å²) in [6.45, 7) is 3.29. The zero-order valence-electron chi connectivity index (χ0n) is 17.3. The van der Waals surface area contributed by atoms with Gasteiger partial charge in [0.05, 0.1) is 5.69 Å². The van der Waals surface area contributed by atoms with Crippen LogP contribution in [0.2, 0.25) is 0 Å². The van der Waals surface area contributed by atoms with E-state index in [2.05, 4.69) is 4.90 Å². The lowest BCUT2D eigenvalue weighted by atomic mass is 10.0. The Morgan fingerprint density at radius 2 is 1.80 bits per heavy atom. The quantitative estimate of drug-likeness (QED) is 0.776. The van der Waals surface area contributed by atoms with Crippen LogP contribution in [0.5, 0.6) is 5.75 Å². The van der Waals surface area contributed by atoms with E-state index in [1.165, 1.54) is 17.0 Å². The van der Waals surface area contributed by atoms with Crippen molar-refractivity contribution in [2.45, 2.75) is 31.9 Å². The van der Waals surface area contributed by atoms with Gasteiger partial charge < -0.3 is 14.5 Å². The van der Waals surface area contributed by atoms with E-state index in [1.807, 2.05) is 18.2 Å². The number of carbonyl (C=O) groups excluding carboxylic acids is 2. The van der Waals surface area contributed by atoms with Gasteiger partial charge in [0.1, 0.15) is 18.1 Å². The number of rotatable bonds is 4. The van der Waals surface area contributed by atoms with Gasteiger partial charge in [-0.2, -0.15) is 0 Å². The van der Waals surface area contributed by atoms with Gasteiger partial charge in [0, 0.05) is 31.9 Å². The molecule has 1 atom stereocenters. The summed E-state index contributed by atoms with van der Waals surface area (Å²) in [7, 11) is 1.81. The van der Waals surface area contributed by atoms with Gasteiger partial charge in [0.2, 0.25) is 5.91 Å². The molecule has 7 heteroatoms. The lowest BCUT2D eigenvalue weighted by Gasteiger charge is -2.39. The average Bonchev–Trinajstić information content (AvgIpc) is 2.77. The molecule has 0 saturated carbocycles. The summed E-state index contributed by atoms with van der Waals surface area (Å²) >= 11 is 0. The SMILES string of the molecule is CC1Oc2ccccc2N(CC(=O)N(C)C2CCN(c3ccc(F)cc3)CC2)C1=O. The highest BCUT2D eigenvalue weighted by Crippen LogP contribution is 2.33. The number of piperidine rings is 1. The fourth-order valence-corrected chi connectivity index (χ4v) is 4.14. The average molecular weight is 411 g/mol. The number of nitrogens with zero attached hydrogens (tertiary/aromatic N) is 3. The highest BCUT2D eigenvalue weighted by atomic mass is 19.1. The number of carbonyl (C=O) groups is 2. The van der Waals surface area contributed by atoms with Crippen molar-refractivity contribution < 1.29 is 18.7 Å². The van der Waals surface area contributed by atoms with E-state index >= 15 is 0 Å². The summed E-state index contributed by atoms with van der Waals surface area (Å²) in [4.78, 5) is 31.1. The van der Waals surface area contributed by atoms with Crippen molar-refractivity contribution in [1.82, 2.24) is 4.90 Å². The summed E-state index contributed by atoms with van der Waals surface area (Å²) in [6.07, 6.45) is 1.03. The summed E-state index contributed by atoms with van der Waals surface area (Å²) in [5.74, 6) is 0.0780. The number of fused-ring (bicyclic) bond motifs is 1. The number of halogens is 1. The normalized spacial score (nSPS) is 19.3. The fourth-order valence-electron chi connectivity index (χ4n) is 4.14. The molecule has 1 saturated heterocycles. The number of likely N-dealkylation sites (N-methyl/N-ethyl adjacent to an activating group) is 1. The Hall–Kier alpha value is -3.09. The second-order valence-corrected chi connectivity index (χ2v) is 7.85. The topological polar surface area (TPSA) is 53.1 Å². The van der Waals surface area contributed by atoms with E-state index in [-0.39, 0.29) is 30.2 Å². The number of hydrogen-bond acceptors (Lipinski definition) is 4. The largest absolute Gasteiger partial charge is 0.479 e. The van der Waals surface area contributed by atoms with Crippen molar-refractivity contribution in [3.8, 4) is 5.75 Å². The molecule has 2 heterocycles. The number of para-hydroxylation sites is 2. The van der Waals surface area contributed by atoms with Gasteiger partial charge in [-0.15, -0.1) is 0 Å². The Morgan fingerprint density at radius 3 is 2.50 bits per heavy atom. The van der Waals surface area contributed by atoms with Crippen molar-refractivity contribution in [1.29, 1.82) is 0 Å². The van der Waals surface area contributed by atoms with Gasteiger partial charge in [-0.05, 0) is 56.2 Å². The molecule has 2 aliphatic heterocycles. The smallest absolute Gasteiger partial charge is 0.268 e. The van der Waals surface area contributed by atoms with Crippen LogP contribution >= 0.6 is 0 Å². The van der Waals surface area contributed by atoms with Crippen molar-refractivity contribution in [3.63, 3.8) is 0 Å². The van der Waals surface area contributed by atoms with Gasteiger partial charge in [-0.1, -0.05) is 12.1 Å². The van der Waals surface area contributed by atoms with Crippen molar-refractivity contribution in [2.75, 3.05) is 36.5 Å². The molecule has 158 valence electrons. The van der Waals surface area contributed by atoms with E-state index in [0.717, 1.165) is 31.6 Å². The molecule has 0 spiro atoms. The molecule has 4 rings (SSSR count). The first-order valence-corrected chi connectivity index (χ1v) is 10.3. The molecular formula is C23H26FN3O3. The van der Waals surface area contributed by atoms with Crippen molar-refractivity contribution >= 4 is 23.2 Å². The molecule has 30 heavy (non-hydrogen) atoms. The molecule has 0 aliphatic carbocycles. The molecule has 2 amide bonds. The fraction of sp³-hybridized carbons (Fsp3) is 0.391. The molecule has 2 aromatic rings. The maximum Gasteiger partial charge on any atom is 0.268 e. The minimum Gasteiger partial charge on any atom is -0.479 e. The van der Waals surface area contributed by atoms with Gasteiger partial charge >= 0.3 is 0 Å². The van der Waals surface area contributed by atoms with Crippen LogP contribution in [0, 0.1) is 5.82 Å². The molecule has 1 fully saturated rings. The van der Waals surface area contributed by atoms with Crippen LogP contribution in [0.15, 0.2) is 48.5 Å². The van der Waals surface area contributed by atoms with Crippen LogP contribution in [0.3, 0.4) is 0 Å². The molecule has 2 aromatic carbocycles. The van der Waals surface area contributed by atoms with Crippen LogP contribution in [-0.2, 0) is 9.59 Å². The van der Waals surface area contributed by atoms with E-state index < -0.39 is 6.10 Å². The first-order valence-electron chi connectivity index (χ1n) is 10.3. The second-order valence-electron chi connectivity index (χ2n) is 7.85. The molecule has 0 aromatic heterocycles. The predicted octanol–water partition coefficient (Wildman–Crippen LogP) is 3.07.